The third-order valence-corrected chi connectivity index (χ3v) is 2.83. The first-order chi connectivity index (χ1) is 7.75. The van der Waals surface area contributed by atoms with Crippen molar-refractivity contribution in [3.63, 3.8) is 0 Å². The molecule has 0 saturated heterocycles. The fourth-order valence-corrected chi connectivity index (χ4v) is 1.91. The Morgan fingerprint density at radius 3 is 2.25 bits per heavy atom. The van der Waals surface area contributed by atoms with Crippen LogP contribution in [0.3, 0.4) is 0 Å². The molecule has 4 nitrogen and oxygen atoms in total. The van der Waals surface area contributed by atoms with E-state index >= 15 is 0 Å². The number of aromatic nitrogens is 2. The van der Waals surface area contributed by atoms with Crippen molar-refractivity contribution in [2.75, 3.05) is 0 Å². The molecular formula is C11H8N2O2S. The van der Waals surface area contributed by atoms with Crippen molar-refractivity contribution in [3.8, 4) is 0 Å². The van der Waals surface area contributed by atoms with Gasteiger partial charge in [-0.3, -0.25) is 0 Å². The molecule has 0 atom stereocenters. The van der Waals surface area contributed by atoms with E-state index in [9.17, 15) is 4.79 Å². The minimum absolute atomic E-state index is 0.286. The number of hydrogen-bond donors (Lipinski definition) is 1. The lowest BCUT2D eigenvalue weighted by Crippen LogP contribution is -1.94. The molecule has 1 aromatic heterocycles. The van der Waals surface area contributed by atoms with Gasteiger partial charge in [0.1, 0.15) is 6.33 Å². The molecule has 0 aliphatic heterocycles. The molecular weight excluding hydrogens is 224 g/mol. The zero-order valence-electron chi connectivity index (χ0n) is 8.20. The number of carboxylic acid groups (broad SMARTS) is 1. The van der Waals surface area contributed by atoms with Gasteiger partial charge in [-0.2, -0.15) is 0 Å². The van der Waals surface area contributed by atoms with Crippen LogP contribution in [0.25, 0.3) is 0 Å². The van der Waals surface area contributed by atoms with Gasteiger partial charge in [0, 0.05) is 22.2 Å². The van der Waals surface area contributed by atoms with E-state index < -0.39 is 5.97 Å². The van der Waals surface area contributed by atoms with Crippen LogP contribution in [0.4, 0.5) is 0 Å². The molecule has 5 heteroatoms. The summed E-state index contributed by atoms with van der Waals surface area (Å²) >= 11 is 1.49. The number of benzene rings is 1. The number of rotatable bonds is 3. The highest BCUT2D eigenvalue weighted by Crippen LogP contribution is 2.26. The second kappa shape index (κ2) is 4.76. The highest BCUT2D eigenvalue weighted by Gasteiger charge is 2.02. The van der Waals surface area contributed by atoms with Gasteiger partial charge >= 0.3 is 5.97 Å². The van der Waals surface area contributed by atoms with Crippen LogP contribution in [-0.4, -0.2) is 21.0 Å². The van der Waals surface area contributed by atoms with E-state index in [1.54, 1.807) is 36.7 Å². The SMILES string of the molecule is O=C(O)c1ccc(Sc2cncnc2)cc1. The topological polar surface area (TPSA) is 63.1 Å². The van der Waals surface area contributed by atoms with Gasteiger partial charge in [0.15, 0.2) is 0 Å². The molecule has 0 spiro atoms. The summed E-state index contributed by atoms with van der Waals surface area (Å²) in [6.07, 6.45) is 4.89. The number of carbonyl (C=O) groups is 1. The molecule has 1 N–H and O–H groups in total. The van der Waals surface area contributed by atoms with Crippen LogP contribution in [0, 0.1) is 0 Å². The predicted molar refractivity (Wildman–Crippen MR) is 59.6 cm³/mol. The maximum Gasteiger partial charge on any atom is 0.335 e. The van der Waals surface area contributed by atoms with Crippen LogP contribution < -0.4 is 0 Å². The molecule has 80 valence electrons. The molecule has 0 aliphatic rings. The Morgan fingerprint density at radius 1 is 1.06 bits per heavy atom. The lowest BCUT2D eigenvalue weighted by molar-refractivity contribution is 0.0697. The summed E-state index contributed by atoms with van der Waals surface area (Å²) < 4.78 is 0. The Morgan fingerprint density at radius 2 is 1.69 bits per heavy atom. The van der Waals surface area contributed by atoms with Crippen molar-refractivity contribution < 1.29 is 9.90 Å². The molecule has 0 fully saturated rings. The Balaban J connectivity index is 2.14. The summed E-state index contributed by atoms with van der Waals surface area (Å²) in [6, 6.07) is 6.69. The van der Waals surface area contributed by atoms with E-state index in [2.05, 4.69) is 9.97 Å². The maximum atomic E-state index is 10.6. The Labute approximate surface area is 96.4 Å². The molecule has 0 saturated carbocycles. The number of aromatic carboxylic acids is 1. The molecule has 16 heavy (non-hydrogen) atoms. The van der Waals surface area contributed by atoms with E-state index in [4.69, 9.17) is 5.11 Å². The van der Waals surface area contributed by atoms with E-state index in [0.29, 0.717) is 0 Å². The number of carboxylic acids is 1. The van der Waals surface area contributed by atoms with Gasteiger partial charge in [-0.25, -0.2) is 14.8 Å². The quantitative estimate of drug-likeness (QED) is 0.879. The zero-order valence-corrected chi connectivity index (χ0v) is 9.02. The first-order valence-corrected chi connectivity index (χ1v) is 5.33. The summed E-state index contributed by atoms with van der Waals surface area (Å²) in [5.74, 6) is -0.917. The number of hydrogen-bond acceptors (Lipinski definition) is 4. The summed E-state index contributed by atoms with van der Waals surface area (Å²) in [4.78, 5) is 20.3. The normalized spacial score (nSPS) is 10.0. The lowest BCUT2D eigenvalue weighted by atomic mass is 10.2. The van der Waals surface area contributed by atoms with Crippen molar-refractivity contribution in [2.24, 2.45) is 0 Å². The summed E-state index contributed by atoms with van der Waals surface area (Å²) in [6.45, 7) is 0. The minimum atomic E-state index is -0.917. The van der Waals surface area contributed by atoms with Crippen LogP contribution in [-0.2, 0) is 0 Å². The molecule has 0 amide bonds. The first kappa shape index (κ1) is 10.6. The van der Waals surface area contributed by atoms with E-state index in [1.807, 2.05) is 0 Å². The molecule has 2 rings (SSSR count). The Hall–Kier alpha value is -1.88. The van der Waals surface area contributed by atoms with Crippen molar-refractivity contribution in [2.45, 2.75) is 9.79 Å². The standard InChI is InChI=1S/C11H8N2O2S/c14-11(15)8-1-3-9(4-2-8)16-10-5-12-7-13-6-10/h1-7H,(H,14,15). The van der Waals surface area contributed by atoms with Crippen molar-refractivity contribution in [3.05, 3.63) is 48.5 Å². The van der Waals surface area contributed by atoms with Crippen molar-refractivity contribution in [1.82, 2.24) is 9.97 Å². The average molecular weight is 232 g/mol. The molecule has 0 radical (unpaired) electrons. The zero-order chi connectivity index (χ0) is 11.4. The lowest BCUT2D eigenvalue weighted by Gasteiger charge is -2.00. The average Bonchev–Trinajstić information content (AvgIpc) is 2.31. The molecule has 1 aromatic carbocycles. The highest BCUT2D eigenvalue weighted by molar-refractivity contribution is 7.99. The van der Waals surface area contributed by atoms with E-state index in [-0.39, 0.29) is 5.56 Å². The molecule has 0 unspecified atom stereocenters. The van der Waals surface area contributed by atoms with Gasteiger partial charge in [0.2, 0.25) is 0 Å². The van der Waals surface area contributed by atoms with Gasteiger partial charge in [-0.05, 0) is 24.3 Å². The van der Waals surface area contributed by atoms with Crippen LogP contribution in [0.15, 0.2) is 52.8 Å². The third-order valence-electron chi connectivity index (χ3n) is 1.87. The summed E-state index contributed by atoms with van der Waals surface area (Å²) in [7, 11) is 0. The largest absolute Gasteiger partial charge is 0.478 e. The highest BCUT2D eigenvalue weighted by atomic mass is 32.2. The van der Waals surface area contributed by atoms with Gasteiger partial charge in [0.25, 0.3) is 0 Å². The second-order valence-electron chi connectivity index (χ2n) is 3.01. The van der Waals surface area contributed by atoms with Gasteiger partial charge in [0.05, 0.1) is 5.56 Å². The third kappa shape index (κ3) is 2.58. The smallest absolute Gasteiger partial charge is 0.335 e. The molecule has 0 bridgehead atoms. The molecule has 0 aliphatic carbocycles. The van der Waals surface area contributed by atoms with Gasteiger partial charge in [-0.1, -0.05) is 11.8 Å². The number of nitrogens with zero attached hydrogens (tertiary/aromatic N) is 2. The Kier molecular flexibility index (Phi) is 3.16. The molecule has 2 aromatic rings. The van der Waals surface area contributed by atoms with Crippen molar-refractivity contribution in [1.29, 1.82) is 0 Å². The summed E-state index contributed by atoms with van der Waals surface area (Å²) in [5, 5.41) is 8.74. The van der Waals surface area contributed by atoms with Crippen LogP contribution >= 0.6 is 11.8 Å². The van der Waals surface area contributed by atoms with Gasteiger partial charge in [-0.15, -0.1) is 0 Å². The van der Waals surface area contributed by atoms with Crippen LogP contribution in [0.1, 0.15) is 10.4 Å². The van der Waals surface area contributed by atoms with Gasteiger partial charge < -0.3 is 5.11 Å². The fraction of sp³-hybridized carbons (Fsp3) is 0. The van der Waals surface area contributed by atoms with E-state index in [1.165, 1.54) is 18.1 Å². The summed E-state index contributed by atoms with van der Waals surface area (Å²) in [5.41, 5.74) is 0.286. The van der Waals surface area contributed by atoms with Crippen LogP contribution in [0.5, 0.6) is 0 Å². The second-order valence-corrected chi connectivity index (χ2v) is 4.15. The van der Waals surface area contributed by atoms with E-state index in [0.717, 1.165) is 9.79 Å². The molecule has 1 heterocycles. The first-order valence-electron chi connectivity index (χ1n) is 4.52. The predicted octanol–water partition coefficient (Wildman–Crippen LogP) is 2.33. The van der Waals surface area contributed by atoms with Crippen molar-refractivity contribution >= 4 is 17.7 Å². The maximum absolute atomic E-state index is 10.6. The van der Waals surface area contributed by atoms with Crippen LogP contribution in [0.2, 0.25) is 0 Å². The fourth-order valence-electron chi connectivity index (χ4n) is 1.14. The Bertz CT molecular complexity index is 485. The minimum Gasteiger partial charge on any atom is -0.478 e. The monoisotopic (exact) mass is 232 g/mol.